The van der Waals surface area contributed by atoms with Gasteiger partial charge in [0.1, 0.15) is 6.61 Å². The van der Waals surface area contributed by atoms with Crippen molar-refractivity contribution >= 4 is 12.1 Å². The molecular formula is C19H27NO4. The maximum Gasteiger partial charge on any atom is 0.410 e. The number of hydrogen-bond acceptors (Lipinski definition) is 4. The van der Waals surface area contributed by atoms with Gasteiger partial charge in [0.15, 0.2) is 0 Å². The average Bonchev–Trinajstić information content (AvgIpc) is 2.58. The highest BCUT2D eigenvalue weighted by Crippen LogP contribution is 2.36. The highest BCUT2D eigenvalue weighted by Gasteiger charge is 2.39. The zero-order chi connectivity index (χ0) is 17.7. The second-order valence-corrected chi connectivity index (χ2v) is 7.46. The van der Waals surface area contributed by atoms with E-state index in [2.05, 4.69) is 20.8 Å². The molecule has 1 saturated heterocycles. The van der Waals surface area contributed by atoms with Crippen LogP contribution >= 0.6 is 0 Å². The van der Waals surface area contributed by atoms with E-state index < -0.39 is 0 Å². The predicted molar refractivity (Wildman–Crippen MR) is 91.3 cm³/mol. The van der Waals surface area contributed by atoms with E-state index in [-0.39, 0.29) is 35.9 Å². The molecule has 2 atom stereocenters. The fourth-order valence-corrected chi connectivity index (χ4v) is 3.02. The monoisotopic (exact) mass is 333 g/mol. The molecule has 1 fully saturated rings. The van der Waals surface area contributed by atoms with E-state index in [1.807, 2.05) is 30.3 Å². The number of rotatable bonds is 3. The van der Waals surface area contributed by atoms with Crippen LogP contribution in [-0.2, 0) is 20.9 Å². The number of nitrogens with zero attached hydrogens (tertiary/aromatic N) is 1. The molecule has 0 aromatic heterocycles. The Morgan fingerprint density at radius 1 is 1.17 bits per heavy atom. The first kappa shape index (κ1) is 18.3. The highest BCUT2D eigenvalue weighted by molar-refractivity contribution is 5.74. The fourth-order valence-electron chi connectivity index (χ4n) is 3.02. The smallest absolute Gasteiger partial charge is 0.410 e. The highest BCUT2D eigenvalue weighted by atomic mass is 16.6. The summed E-state index contributed by atoms with van der Waals surface area (Å²) in [5, 5.41) is 0. The molecule has 5 nitrogen and oxygen atoms in total. The van der Waals surface area contributed by atoms with Gasteiger partial charge in [-0.25, -0.2) is 4.79 Å². The molecule has 1 aliphatic heterocycles. The molecule has 0 N–H and O–H groups in total. The van der Waals surface area contributed by atoms with Crippen molar-refractivity contribution in [3.63, 3.8) is 0 Å². The number of carbonyl (C=O) groups is 2. The third-order valence-corrected chi connectivity index (χ3v) is 4.67. The molecule has 0 unspecified atom stereocenters. The van der Waals surface area contributed by atoms with Crippen molar-refractivity contribution in [3.05, 3.63) is 35.9 Å². The van der Waals surface area contributed by atoms with Crippen LogP contribution in [0, 0.1) is 17.3 Å². The summed E-state index contributed by atoms with van der Waals surface area (Å²) in [6.07, 6.45) is 0.361. The predicted octanol–water partition coefficient (Wildman–Crippen LogP) is 3.48. The maximum atomic E-state index is 12.5. The van der Waals surface area contributed by atoms with Crippen molar-refractivity contribution in [1.82, 2.24) is 4.90 Å². The number of hydrogen-bond donors (Lipinski definition) is 0. The molecule has 1 aliphatic rings. The Kier molecular flexibility index (Phi) is 5.86. The van der Waals surface area contributed by atoms with Crippen LogP contribution in [0.25, 0.3) is 0 Å². The summed E-state index contributed by atoms with van der Waals surface area (Å²) < 4.78 is 10.3. The SMILES string of the molecule is COC(=O)[C@@H]1C[C@@H](C(C)(C)C)CN(C(=O)OCc2ccccc2)C1. The molecule has 2 rings (SSSR count). The topological polar surface area (TPSA) is 55.8 Å². The third-order valence-electron chi connectivity index (χ3n) is 4.67. The van der Waals surface area contributed by atoms with Crippen LogP contribution in [0.1, 0.15) is 32.8 Å². The summed E-state index contributed by atoms with van der Waals surface area (Å²) in [6.45, 7) is 7.58. The first-order valence-electron chi connectivity index (χ1n) is 8.34. The first-order valence-corrected chi connectivity index (χ1v) is 8.34. The summed E-state index contributed by atoms with van der Waals surface area (Å²) in [5.41, 5.74) is 0.949. The number of ether oxygens (including phenoxy) is 2. The minimum atomic E-state index is -0.373. The zero-order valence-corrected chi connectivity index (χ0v) is 15.0. The van der Waals surface area contributed by atoms with Gasteiger partial charge in [-0.2, -0.15) is 0 Å². The average molecular weight is 333 g/mol. The Labute approximate surface area is 143 Å². The summed E-state index contributed by atoms with van der Waals surface area (Å²) in [5.74, 6) is -0.332. The van der Waals surface area contributed by atoms with Gasteiger partial charge in [0, 0.05) is 13.1 Å². The Morgan fingerprint density at radius 2 is 1.83 bits per heavy atom. The molecule has 1 aromatic carbocycles. The number of esters is 1. The molecule has 0 bridgehead atoms. The molecule has 1 heterocycles. The molecule has 0 saturated carbocycles. The van der Waals surface area contributed by atoms with Gasteiger partial charge in [0.2, 0.25) is 0 Å². The second-order valence-electron chi connectivity index (χ2n) is 7.46. The van der Waals surface area contributed by atoms with Crippen molar-refractivity contribution < 1.29 is 19.1 Å². The van der Waals surface area contributed by atoms with Crippen molar-refractivity contribution in [2.24, 2.45) is 17.3 Å². The standard InChI is InChI=1S/C19H27NO4/c1-19(2,3)16-10-15(17(21)23-4)11-20(12-16)18(22)24-13-14-8-6-5-7-9-14/h5-9,15-16H,10-13H2,1-4H3/t15-,16-/m1/s1. The zero-order valence-electron chi connectivity index (χ0n) is 15.0. The maximum absolute atomic E-state index is 12.5. The molecular weight excluding hydrogens is 306 g/mol. The lowest BCUT2D eigenvalue weighted by Gasteiger charge is -2.41. The van der Waals surface area contributed by atoms with Crippen molar-refractivity contribution in [1.29, 1.82) is 0 Å². The van der Waals surface area contributed by atoms with Crippen LogP contribution in [0.3, 0.4) is 0 Å². The van der Waals surface area contributed by atoms with E-state index in [1.54, 1.807) is 4.90 Å². The number of likely N-dealkylation sites (tertiary alicyclic amines) is 1. The van der Waals surface area contributed by atoms with Gasteiger partial charge in [-0.1, -0.05) is 51.1 Å². The molecule has 0 spiro atoms. The molecule has 1 aromatic rings. The van der Waals surface area contributed by atoms with Crippen LogP contribution < -0.4 is 0 Å². The van der Waals surface area contributed by atoms with E-state index in [1.165, 1.54) is 7.11 Å². The number of piperidine rings is 1. The Bertz CT molecular complexity index is 564. The summed E-state index contributed by atoms with van der Waals surface area (Å²) in [6, 6.07) is 9.57. The van der Waals surface area contributed by atoms with Crippen LogP contribution in [0.15, 0.2) is 30.3 Å². The van der Waals surface area contributed by atoms with E-state index in [4.69, 9.17) is 9.47 Å². The van der Waals surface area contributed by atoms with E-state index in [0.717, 1.165) is 12.0 Å². The molecule has 132 valence electrons. The van der Waals surface area contributed by atoms with Gasteiger partial charge in [-0.3, -0.25) is 4.79 Å². The molecule has 24 heavy (non-hydrogen) atoms. The first-order chi connectivity index (χ1) is 11.3. The summed E-state index contributed by atoms with van der Waals surface area (Å²) >= 11 is 0. The molecule has 0 aliphatic carbocycles. The van der Waals surface area contributed by atoms with Crippen molar-refractivity contribution in [2.75, 3.05) is 20.2 Å². The molecule has 1 amide bonds. The van der Waals surface area contributed by atoms with Gasteiger partial charge < -0.3 is 14.4 Å². The van der Waals surface area contributed by atoms with Gasteiger partial charge in [0.25, 0.3) is 0 Å². The fraction of sp³-hybridized carbons (Fsp3) is 0.579. The molecule has 0 radical (unpaired) electrons. The third kappa shape index (κ3) is 4.73. The van der Waals surface area contributed by atoms with E-state index in [0.29, 0.717) is 13.1 Å². The number of carbonyl (C=O) groups excluding carboxylic acids is 2. The van der Waals surface area contributed by atoms with Crippen LogP contribution in [0.4, 0.5) is 4.79 Å². The van der Waals surface area contributed by atoms with Crippen molar-refractivity contribution in [3.8, 4) is 0 Å². The second kappa shape index (κ2) is 7.69. The van der Waals surface area contributed by atoms with Gasteiger partial charge in [-0.15, -0.1) is 0 Å². The van der Waals surface area contributed by atoms with Crippen LogP contribution in [-0.4, -0.2) is 37.2 Å². The Morgan fingerprint density at radius 3 is 2.42 bits per heavy atom. The normalized spacial score (nSPS) is 21.2. The largest absolute Gasteiger partial charge is 0.469 e. The summed E-state index contributed by atoms with van der Waals surface area (Å²) in [7, 11) is 1.39. The number of benzene rings is 1. The number of methoxy groups -OCH3 is 1. The van der Waals surface area contributed by atoms with Gasteiger partial charge in [0.05, 0.1) is 13.0 Å². The van der Waals surface area contributed by atoms with Crippen LogP contribution in [0.2, 0.25) is 0 Å². The van der Waals surface area contributed by atoms with Crippen LogP contribution in [0.5, 0.6) is 0 Å². The van der Waals surface area contributed by atoms with Crippen molar-refractivity contribution in [2.45, 2.75) is 33.8 Å². The number of amides is 1. The summed E-state index contributed by atoms with van der Waals surface area (Å²) in [4.78, 5) is 26.1. The van der Waals surface area contributed by atoms with E-state index in [9.17, 15) is 9.59 Å². The minimum absolute atomic E-state index is 0.00461. The van der Waals surface area contributed by atoms with E-state index >= 15 is 0 Å². The lowest BCUT2D eigenvalue weighted by molar-refractivity contribution is -0.148. The Balaban J connectivity index is 2.03. The van der Waals surface area contributed by atoms with Gasteiger partial charge in [-0.05, 0) is 23.3 Å². The Hall–Kier alpha value is -2.04. The van der Waals surface area contributed by atoms with Gasteiger partial charge >= 0.3 is 12.1 Å². The lowest BCUT2D eigenvalue weighted by atomic mass is 9.73. The lowest BCUT2D eigenvalue weighted by Crippen LogP contribution is -2.49. The quantitative estimate of drug-likeness (QED) is 0.795. The molecule has 5 heteroatoms. The minimum Gasteiger partial charge on any atom is -0.469 e.